The van der Waals surface area contributed by atoms with Crippen molar-refractivity contribution in [2.24, 2.45) is 11.7 Å². The van der Waals surface area contributed by atoms with Crippen LogP contribution in [-0.2, 0) is 0 Å². The Bertz CT molecular complexity index is 320. The molecule has 0 heterocycles. The number of thioether (sulfide) groups is 1. The summed E-state index contributed by atoms with van der Waals surface area (Å²) in [4.78, 5) is 1.33. The van der Waals surface area contributed by atoms with Crippen LogP contribution in [0.25, 0.3) is 0 Å². The van der Waals surface area contributed by atoms with Crippen LogP contribution in [-0.4, -0.2) is 11.8 Å². The van der Waals surface area contributed by atoms with E-state index in [9.17, 15) is 0 Å². The SMILES string of the molecule is Cc1ccc(SCC(N)C(C)C)cc1C. The summed E-state index contributed by atoms with van der Waals surface area (Å²) < 4.78 is 0. The van der Waals surface area contributed by atoms with Gasteiger partial charge < -0.3 is 5.73 Å². The summed E-state index contributed by atoms with van der Waals surface area (Å²) >= 11 is 1.85. The quantitative estimate of drug-likeness (QED) is 0.792. The molecule has 0 fully saturated rings. The average Bonchev–Trinajstić information content (AvgIpc) is 2.19. The standard InChI is InChI=1S/C13H21NS/c1-9(2)13(14)8-15-12-6-5-10(3)11(4)7-12/h5-7,9,13H,8,14H2,1-4H3. The van der Waals surface area contributed by atoms with E-state index in [1.807, 2.05) is 11.8 Å². The van der Waals surface area contributed by atoms with Crippen molar-refractivity contribution in [3.63, 3.8) is 0 Å². The van der Waals surface area contributed by atoms with Crippen LogP contribution in [0.1, 0.15) is 25.0 Å². The van der Waals surface area contributed by atoms with Crippen molar-refractivity contribution in [2.75, 3.05) is 5.75 Å². The minimum absolute atomic E-state index is 0.289. The summed E-state index contributed by atoms with van der Waals surface area (Å²) in [6.45, 7) is 8.64. The predicted molar refractivity (Wildman–Crippen MR) is 69.5 cm³/mol. The molecule has 2 heteroatoms. The lowest BCUT2D eigenvalue weighted by Crippen LogP contribution is -2.28. The fourth-order valence-electron chi connectivity index (χ4n) is 1.19. The minimum atomic E-state index is 0.289. The number of rotatable bonds is 4. The predicted octanol–water partition coefficient (Wildman–Crippen LogP) is 3.38. The van der Waals surface area contributed by atoms with Gasteiger partial charge in [-0.15, -0.1) is 11.8 Å². The summed E-state index contributed by atoms with van der Waals surface area (Å²) in [6, 6.07) is 6.89. The van der Waals surface area contributed by atoms with E-state index in [0.29, 0.717) is 5.92 Å². The monoisotopic (exact) mass is 223 g/mol. The first kappa shape index (κ1) is 12.6. The van der Waals surface area contributed by atoms with Crippen LogP contribution < -0.4 is 5.73 Å². The van der Waals surface area contributed by atoms with Crippen molar-refractivity contribution in [1.29, 1.82) is 0 Å². The Balaban J connectivity index is 2.55. The van der Waals surface area contributed by atoms with Crippen molar-refractivity contribution in [3.05, 3.63) is 29.3 Å². The molecule has 0 saturated heterocycles. The highest BCUT2D eigenvalue weighted by molar-refractivity contribution is 7.99. The van der Waals surface area contributed by atoms with E-state index in [2.05, 4.69) is 45.9 Å². The van der Waals surface area contributed by atoms with E-state index in [1.54, 1.807) is 0 Å². The fourth-order valence-corrected chi connectivity index (χ4v) is 2.38. The Kier molecular flexibility index (Phi) is 4.68. The van der Waals surface area contributed by atoms with Gasteiger partial charge >= 0.3 is 0 Å². The zero-order valence-electron chi connectivity index (χ0n) is 10.1. The molecule has 0 aliphatic rings. The van der Waals surface area contributed by atoms with E-state index >= 15 is 0 Å². The normalized spacial score (nSPS) is 13.2. The molecule has 0 bridgehead atoms. The number of nitrogens with two attached hydrogens (primary N) is 1. The molecule has 0 saturated carbocycles. The number of hydrogen-bond donors (Lipinski definition) is 1. The largest absolute Gasteiger partial charge is 0.327 e. The topological polar surface area (TPSA) is 26.0 Å². The Morgan fingerprint density at radius 1 is 1.20 bits per heavy atom. The van der Waals surface area contributed by atoms with Crippen LogP contribution in [0.2, 0.25) is 0 Å². The number of benzene rings is 1. The first-order valence-electron chi connectivity index (χ1n) is 5.46. The van der Waals surface area contributed by atoms with Gasteiger partial charge in [-0.05, 0) is 43.0 Å². The molecule has 0 amide bonds. The van der Waals surface area contributed by atoms with Crippen LogP contribution in [0.3, 0.4) is 0 Å². The van der Waals surface area contributed by atoms with Gasteiger partial charge in [0.05, 0.1) is 0 Å². The summed E-state index contributed by atoms with van der Waals surface area (Å²) in [5, 5.41) is 0. The molecule has 1 unspecified atom stereocenters. The van der Waals surface area contributed by atoms with E-state index < -0.39 is 0 Å². The molecule has 1 aromatic rings. The van der Waals surface area contributed by atoms with Crippen molar-refractivity contribution in [2.45, 2.75) is 38.6 Å². The van der Waals surface area contributed by atoms with Crippen molar-refractivity contribution in [3.8, 4) is 0 Å². The highest BCUT2D eigenvalue weighted by Crippen LogP contribution is 2.22. The second kappa shape index (κ2) is 5.57. The van der Waals surface area contributed by atoms with Gasteiger partial charge in [-0.2, -0.15) is 0 Å². The first-order chi connectivity index (χ1) is 7.00. The maximum Gasteiger partial charge on any atom is 0.0157 e. The third kappa shape index (κ3) is 3.88. The third-order valence-corrected chi connectivity index (χ3v) is 3.92. The van der Waals surface area contributed by atoms with Gasteiger partial charge in [0.2, 0.25) is 0 Å². The van der Waals surface area contributed by atoms with Crippen LogP contribution in [0.5, 0.6) is 0 Å². The van der Waals surface area contributed by atoms with Crippen LogP contribution >= 0.6 is 11.8 Å². The second-order valence-electron chi connectivity index (χ2n) is 4.46. The molecule has 0 aromatic heterocycles. The van der Waals surface area contributed by atoms with Gasteiger partial charge in [0.25, 0.3) is 0 Å². The molecule has 1 rings (SSSR count). The number of aryl methyl sites for hydroxylation is 2. The van der Waals surface area contributed by atoms with Gasteiger partial charge in [-0.1, -0.05) is 19.9 Å². The fraction of sp³-hybridized carbons (Fsp3) is 0.538. The second-order valence-corrected chi connectivity index (χ2v) is 5.56. The summed E-state index contributed by atoms with van der Waals surface area (Å²) in [5.41, 5.74) is 8.72. The zero-order valence-corrected chi connectivity index (χ0v) is 10.9. The van der Waals surface area contributed by atoms with Crippen LogP contribution in [0.4, 0.5) is 0 Å². The molecule has 2 N–H and O–H groups in total. The van der Waals surface area contributed by atoms with Crippen LogP contribution in [0, 0.1) is 19.8 Å². The molecule has 1 atom stereocenters. The van der Waals surface area contributed by atoms with Crippen molar-refractivity contribution in [1.82, 2.24) is 0 Å². The molecule has 1 nitrogen and oxygen atoms in total. The highest BCUT2D eigenvalue weighted by Gasteiger charge is 2.07. The molecule has 1 aromatic carbocycles. The Morgan fingerprint density at radius 3 is 2.40 bits per heavy atom. The van der Waals surface area contributed by atoms with E-state index in [1.165, 1.54) is 16.0 Å². The molecule has 84 valence electrons. The first-order valence-corrected chi connectivity index (χ1v) is 6.45. The summed E-state index contributed by atoms with van der Waals surface area (Å²) in [7, 11) is 0. The highest BCUT2D eigenvalue weighted by atomic mass is 32.2. The smallest absolute Gasteiger partial charge is 0.0157 e. The lowest BCUT2D eigenvalue weighted by atomic mass is 10.1. The molecule has 0 radical (unpaired) electrons. The maximum atomic E-state index is 6.01. The molecule has 0 aliphatic carbocycles. The Hall–Kier alpha value is -0.470. The van der Waals surface area contributed by atoms with Gasteiger partial charge in [-0.3, -0.25) is 0 Å². The average molecular weight is 223 g/mol. The molecular weight excluding hydrogens is 202 g/mol. The Morgan fingerprint density at radius 2 is 1.87 bits per heavy atom. The van der Waals surface area contributed by atoms with Crippen LogP contribution in [0.15, 0.2) is 23.1 Å². The van der Waals surface area contributed by atoms with Gasteiger partial charge in [0, 0.05) is 16.7 Å². The molecule has 0 aliphatic heterocycles. The number of hydrogen-bond acceptors (Lipinski definition) is 2. The van der Waals surface area contributed by atoms with Gasteiger partial charge in [-0.25, -0.2) is 0 Å². The summed E-state index contributed by atoms with van der Waals surface area (Å²) in [6.07, 6.45) is 0. The lowest BCUT2D eigenvalue weighted by molar-refractivity contribution is 0.535. The van der Waals surface area contributed by atoms with Gasteiger partial charge in [0.15, 0.2) is 0 Å². The zero-order chi connectivity index (χ0) is 11.4. The maximum absolute atomic E-state index is 6.01. The third-order valence-electron chi connectivity index (χ3n) is 2.78. The van der Waals surface area contributed by atoms with Crippen molar-refractivity contribution < 1.29 is 0 Å². The molecule has 15 heavy (non-hydrogen) atoms. The van der Waals surface area contributed by atoms with Gasteiger partial charge in [0.1, 0.15) is 0 Å². The van der Waals surface area contributed by atoms with E-state index in [-0.39, 0.29) is 6.04 Å². The minimum Gasteiger partial charge on any atom is -0.327 e. The van der Waals surface area contributed by atoms with E-state index in [4.69, 9.17) is 5.73 Å². The van der Waals surface area contributed by atoms with E-state index in [0.717, 1.165) is 5.75 Å². The van der Waals surface area contributed by atoms with Crippen molar-refractivity contribution >= 4 is 11.8 Å². The lowest BCUT2D eigenvalue weighted by Gasteiger charge is -2.15. The Labute approximate surface area is 97.4 Å². The molecule has 0 spiro atoms. The molecular formula is C13H21NS. The summed E-state index contributed by atoms with van der Waals surface area (Å²) in [5.74, 6) is 1.56.